The van der Waals surface area contributed by atoms with E-state index in [2.05, 4.69) is 4.72 Å². The number of nitrogens with one attached hydrogen (secondary N) is 1. The van der Waals surface area contributed by atoms with Crippen molar-refractivity contribution in [3.8, 4) is 5.75 Å². The largest absolute Gasteiger partial charge is 0.486 e. The molecule has 0 fully saturated rings. The first kappa shape index (κ1) is 28.7. The first-order chi connectivity index (χ1) is 17.2. The SMILES string of the molecule is C[C@@H]1CN([C@H](C)CO)C(=O)c2cccc(NS(C)(=O)=O)c2O[C@H]1CN(C)Cc1ccc(C(F)(F)F)cc1. The summed E-state index contributed by atoms with van der Waals surface area (Å²) >= 11 is 0. The summed E-state index contributed by atoms with van der Waals surface area (Å²) < 4.78 is 71.3. The number of alkyl halides is 3. The van der Waals surface area contributed by atoms with Gasteiger partial charge in [-0.15, -0.1) is 0 Å². The van der Waals surface area contributed by atoms with Crippen LogP contribution in [0.25, 0.3) is 0 Å². The van der Waals surface area contributed by atoms with Crippen LogP contribution in [0, 0.1) is 5.92 Å². The average molecular weight is 544 g/mol. The zero-order chi connectivity index (χ0) is 27.5. The summed E-state index contributed by atoms with van der Waals surface area (Å²) in [5.74, 6) is -0.530. The molecule has 1 amide bonds. The average Bonchev–Trinajstić information content (AvgIpc) is 2.80. The number of amides is 1. The van der Waals surface area contributed by atoms with Gasteiger partial charge in [-0.3, -0.25) is 14.4 Å². The number of carbonyl (C=O) groups is 1. The van der Waals surface area contributed by atoms with E-state index in [-0.39, 0.29) is 36.1 Å². The van der Waals surface area contributed by atoms with Crippen LogP contribution in [0.5, 0.6) is 5.75 Å². The monoisotopic (exact) mass is 543 g/mol. The van der Waals surface area contributed by atoms with Crippen molar-refractivity contribution in [1.82, 2.24) is 9.80 Å². The second kappa shape index (κ2) is 11.3. The molecule has 0 bridgehead atoms. The number of ether oxygens (including phenoxy) is 1. The number of aliphatic hydroxyl groups is 1. The Kier molecular flexibility index (Phi) is 8.76. The number of nitrogens with zero attached hydrogens (tertiary/aromatic N) is 2. The normalized spacial score (nSPS) is 19.6. The summed E-state index contributed by atoms with van der Waals surface area (Å²) in [6.45, 7) is 4.31. The molecule has 37 heavy (non-hydrogen) atoms. The second-order valence-electron chi connectivity index (χ2n) is 9.57. The minimum Gasteiger partial charge on any atom is -0.486 e. The molecule has 0 radical (unpaired) electrons. The lowest BCUT2D eigenvalue weighted by molar-refractivity contribution is -0.137. The number of para-hydroxylation sites is 1. The van der Waals surface area contributed by atoms with Crippen molar-refractivity contribution < 1.29 is 36.2 Å². The van der Waals surface area contributed by atoms with Gasteiger partial charge in [-0.1, -0.05) is 25.1 Å². The van der Waals surface area contributed by atoms with E-state index in [0.717, 1.165) is 18.4 Å². The van der Waals surface area contributed by atoms with Gasteiger partial charge in [0.15, 0.2) is 5.75 Å². The van der Waals surface area contributed by atoms with Crippen LogP contribution in [0.3, 0.4) is 0 Å². The van der Waals surface area contributed by atoms with Crippen molar-refractivity contribution in [2.45, 2.75) is 38.7 Å². The fourth-order valence-corrected chi connectivity index (χ4v) is 4.78. The Morgan fingerprint density at radius 1 is 1.22 bits per heavy atom. The smallest absolute Gasteiger partial charge is 0.416 e. The van der Waals surface area contributed by atoms with E-state index in [9.17, 15) is 31.5 Å². The number of rotatable bonds is 8. The van der Waals surface area contributed by atoms with Gasteiger partial charge < -0.3 is 14.7 Å². The Labute approximate surface area is 215 Å². The van der Waals surface area contributed by atoms with Gasteiger partial charge in [0.1, 0.15) is 6.10 Å². The highest BCUT2D eigenvalue weighted by Gasteiger charge is 2.35. The molecule has 2 N–H and O–H groups in total. The van der Waals surface area contributed by atoms with Crippen LogP contribution in [0.1, 0.15) is 35.3 Å². The van der Waals surface area contributed by atoms with E-state index < -0.39 is 39.8 Å². The van der Waals surface area contributed by atoms with Crippen molar-refractivity contribution in [2.75, 3.05) is 37.7 Å². The van der Waals surface area contributed by atoms with Gasteiger partial charge in [0.2, 0.25) is 10.0 Å². The maximum Gasteiger partial charge on any atom is 0.416 e. The molecule has 1 aliphatic heterocycles. The fourth-order valence-electron chi connectivity index (χ4n) is 4.22. The predicted octanol–water partition coefficient (Wildman–Crippen LogP) is 3.43. The van der Waals surface area contributed by atoms with Gasteiger partial charge in [-0.2, -0.15) is 13.2 Å². The Hall–Kier alpha value is -2.83. The molecule has 0 aromatic heterocycles. The first-order valence-corrected chi connectivity index (χ1v) is 13.6. The molecule has 204 valence electrons. The number of sulfonamides is 1. The number of halogens is 3. The Morgan fingerprint density at radius 2 is 1.86 bits per heavy atom. The number of benzene rings is 2. The van der Waals surface area contributed by atoms with Crippen LogP contribution in [-0.2, 0) is 22.7 Å². The number of carbonyl (C=O) groups excluding carboxylic acids is 1. The number of hydrogen-bond acceptors (Lipinski definition) is 6. The molecule has 0 aliphatic carbocycles. The molecular formula is C25H32F3N3O5S. The first-order valence-electron chi connectivity index (χ1n) is 11.7. The summed E-state index contributed by atoms with van der Waals surface area (Å²) in [7, 11) is -1.88. The van der Waals surface area contributed by atoms with Crippen LogP contribution in [0.2, 0.25) is 0 Å². The van der Waals surface area contributed by atoms with E-state index >= 15 is 0 Å². The highest BCUT2D eigenvalue weighted by atomic mass is 32.2. The van der Waals surface area contributed by atoms with Gasteiger partial charge >= 0.3 is 6.18 Å². The predicted molar refractivity (Wildman–Crippen MR) is 134 cm³/mol. The number of likely N-dealkylation sites (N-methyl/N-ethyl adjacent to an activating group) is 1. The molecule has 1 aliphatic rings. The highest BCUT2D eigenvalue weighted by Crippen LogP contribution is 2.35. The van der Waals surface area contributed by atoms with Gasteiger partial charge in [0.25, 0.3) is 5.91 Å². The molecule has 3 atom stereocenters. The molecule has 3 rings (SSSR count). The fraction of sp³-hybridized carbons (Fsp3) is 0.480. The topological polar surface area (TPSA) is 99.2 Å². The standard InChI is InChI=1S/C25H32F3N3O5S/c1-16-12-31(17(2)15-32)24(33)20-6-5-7-21(29-37(4,34)35)23(20)36-22(16)14-30(3)13-18-8-10-19(11-9-18)25(26,27)28/h5-11,16-17,22,29,32H,12-15H2,1-4H3/t16-,17-,22+/m1/s1. The van der Waals surface area contributed by atoms with E-state index in [1.165, 1.54) is 18.2 Å². The summed E-state index contributed by atoms with van der Waals surface area (Å²) in [5, 5.41) is 9.76. The zero-order valence-electron chi connectivity index (χ0n) is 21.1. The van der Waals surface area contributed by atoms with Crippen LogP contribution in [0.4, 0.5) is 18.9 Å². The zero-order valence-corrected chi connectivity index (χ0v) is 21.9. The van der Waals surface area contributed by atoms with Crippen molar-refractivity contribution in [3.63, 3.8) is 0 Å². The van der Waals surface area contributed by atoms with Crippen molar-refractivity contribution >= 4 is 21.6 Å². The van der Waals surface area contributed by atoms with Gasteiger partial charge in [0.05, 0.1) is 35.7 Å². The second-order valence-corrected chi connectivity index (χ2v) is 11.3. The van der Waals surface area contributed by atoms with Crippen molar-refractivity contribution in [3.05, 3.63) is 59.2 Å². The summed E-state index contributed by atoms with van der Waals surface area (Å²) in [4.78, 5) is 16.8. The number of hydrogen-bond donors (Lipinski definition) is 2. The van der Waals surface area contributed by atoms with Crippen LogP contribution >= 0.6 is 0 Å². The van der Waals surface area contributed by atoms with E-state index in [1.54, 1.807) is 31.0 Å². The lowest BCUT2D eigenvalue weighted by Crippen LogP contribution is -2.49. The minimum atomic E-state index is -4.41. The van der Waals surface area contributed by atoms with Crippen LogP contribution in [-0.4, -0.2) is 74.4 Å². The van der Waals surface area contributed by atoms with Crippen molar-refractivity contribution in [1.29, 1.82) is 0 Å². The molecule has 1 heterocycles. The van der Waals surface area contributed by atoms with Crippen molar-refractivity contribution in [2.24, 2.45) is 5.92 Å². The molecule has 0 saturated heterocycles. The number of anilines is 1. The molecule has 2 aromatic carbocycles. The molecular weight excluding hydrogens is 511 g/mol. The minimum absolute atomic E-state index is 0.0903. The van der Waals surface area contributed by atoms with E-state index in [1.807, 2.05) is 11.8 Å². The summed E-state index contributed by atoms with van der Waals surface area (Å²) in [6.07, 6.45) is -3.93. The van der Waals surface area contributed by atoms with Gasteiger partial charge in [-0.25, -0.2) is 8.42 Å². The third kappa shape index (κ3) is 7.36. The lowest BCUT2D eigenvalue weighted by Gasteiger charge is -2.38. The molecule has 0 spiro atoms. The van der Waals surface area contributed by atoms with E-state index in [0.29, 0.717) is 18.7 Å². The van der Waals surface area contributed by atoms with Crippen LogP contribution in [0.15, 0.2) is 42.5 Å². The quantitative estimate of drug-likeness (QED) is 0.530. The number of aliphatic hydroxyl groups excluding tert-OH is 1. The number of fused-ring (bicyclic) bond motifs is 1. The Morgan fingerprint density at radius 3 is 2.43 bits per heavy atom. The lowest BCUT2D eigenvalue weighted by atomic mass is 9.99. The Balaban J connectivity index is 1.91. The van der Waals surface area contributed by atoms with Gasteiger partial charge in [0, 0.05) is 25.6 Å². The van der Waals surface area contributed by atoms with Gasteiger partial charge in [-0.05, 0) is 43.8 Å². The third-order valence-electron chi connectivity index (χ3n) is 6.21. The molecule has 12 heteroatoms. The summed E-state index contributed by atoms with van der Waals surface area (Å²) in [6, 6.07) is 9.03. The third-order valence-corrected chi connectivity index (χ3v) is 6.80. The molecule has 0 unspecified atom stereocenters. The van der Waals surface area contributed by atoms with Crippen LogP contribution < -0.4 is 9.46 Å². The van der Waals surface area contributed by atoms with E-state index in [4.69, 9.17) is 4.74 Å². The Bertz CT molecular complexity index is 1210. The maximum atomic E-state index is 13.4. The maximum absolute atomic E-state index is 13.4. The summed E-state index contributed by atoms with van der Waals surface area (Å²) in [5.41, 5.74) is 0.242. The molecule has 0 saturated carbocycles. The highest BCUT2D eigenvalue weighted by molar-refractivity contribution is 7.92. The molecule has 2 aromatic rings. The molecule has 8 nitrogen and oxygen atoms in total.